The summed E-state index contributed by atoms with van der Waals surface area (Å²) < 4.78 is 27.6. The number of benzene rings is 1. The molecule has 0 bridgehead atoms. The molecule has 1 aromatic rings. The Balaban J connectivity index is 3.53. The number of aryl methyl sites for hydroxylation is 1. The van der Waals surface area contributed by atoms with Gasteiger partial charge >= 0.3 is 0 Å². The van der Waals surface area contributed by atoms with Crippen LogP contribution in [0, 0.1) is 6.92 Å². The second-order valence-corrected chi connectivity index (χ2v) is 6.04. The van der Waals surface area contributed by atoms with E-state index in [4.69, 9.17) is 15.4 Å². The lowest BCUT2D eigenvalue weighted by atomic mass is 10.2. The van der Waals surface area contributed by atoms with Crippen molar-refractivity contribution in [1.29, 1.82) is 0 Å². The molecular weight excluding hydrogens is 292 g/mol. The second-order valence-electron chi connectivity index (χ2n) is 2.72. The fourth-order valence-electron chi connectivity index (χ4n) is 1.03. The third-order valence-electron chi connectivity index (χ3n) is 1.63. The molecule has 0 spiro atoms. The Hall–Kier alpha value is -0.260. The average Bonchev–Trinajstić information content (AvgIpc) is 2.06. The summed E-state index contributed by atoms with van der Waals surface area (Å²) in [4.78, 5) is 0.0241. The zero-order valence-electron chi connectivity index (χ0n) is 7.54. The van der Waals surface area contributed by atoms with Gasteiger partial charge in [-0.05, 0) is 40.5 Å². The fraction of sp³-hybridized carbons (Fsp3) is 0.250. The highest BCUT2D eigenvalue weighted by Crippen LogP contribution is 2.34. The molecule has 78 valence electrons. The van der Waals surface area contributed by atoms with Gasteiger partial charge in [0.25, 0.3) is 9.05 Å². The summed E-state index contributed by atoms with van der Waals surface area (Å²) in [5, 5.41) is 0. The number of hydrogen-bond acceptors (Lipinski definition) is 3. The van der Waals surface area contributed by atoms with Crippen LogP contribution < -0.4 is 4.74 Å². The van der Waals surface area contributed by atoms with Crippen LogP contribution in [0.25, 0.3) is 0 Å². The lowest BCUT2D eigenvalue weighted by Crippen LogP contribution is -1.96. The third kappa shape index (κ3) is 2.40. The zero-order chi connectivity index (χ0) is 10.9. The maximum atomic E-state index is 11.2. The molecule has 0 atom stereocenters. The summed E-state index contributed by atoms with van der Waals surface area (Å²) in [6, 6.07) is 3.20. The van der Waals surface area contributed by atoms with E-state index >= 15 is 0 Å². The van der Waals surface area contributed by atoms with E-state index in [9.17, 15) is 8.42 Å². The summed E-state index contributed by atoms with van der Waals surface area (Å²) >= 11 is 3.12. The molecule has 0 heterocycles. The molecule has 0 aliphatic rings. The van der Waals surface area contributed by atoms with Crippen molar-refractivity contribution in [2.75, 3.05) is 7.11 Å². The number of rotatable bonds is 2. The van der Waals surface area contributed by atoms with Gasteiger partial charge in [-0.1, -0.05) is 0 Å². The number of ether oxygens (including phenoxy) is 1. The monoisotopic (exact) mass is 298 g/mol. The SMILES string of the molecule is COc1cc(C)cc(S(=O)(=O)Cl)c1Br. The molecule has 14 heavy (non-hydrogen) atoms. The first-order valence-corrected chi connectivity index (χ1v) is 6.75. The smallest absolute Gasteiger partial charge is 0.262 e. The first kappa shape index (κ1) is 11.8. The van der Waals surface area contributed by atoms with Crippen molar-refractivity contribution < 1.29 is 13.2 Å². The quantitative estimate of drug-likeness (QED) is 0.789. The van der Waals surface area contributed by atoms with Crippen molar-refractivity contribution in [3.05, 3.63) is 22.2 Å². The standard InChI is InChI=1S/C8H8BrClO3S/c1-5-3-6(13-2)8(9)7(4-5)14(10,11)12/h3-4H,1-2H3. The van der Waals surface area contributed by atoms with Gasteiger partial charge in [0.2, 0.25) is 0 Å². The minimum absolute atomic E-state index is 0.0241. The van der Waals surface area contributed by atoms with E-state index in [2.05, 4.69) is 15.9 Å². The molecule has 0 aromatic heterocycles. The van der Waals surface area contributed by atoms with Crippen LogP contribution in [0.1, 0.15) is 5.56 Å². The van der Waals surface area contributed by atoms with Crippen LogP contribution in [-0.4, -0.2) is 15.5 Å². The maximum absolute atomic E-state index is 11.2. The van der Waals surface area contributed by atoms with Crippen molar-refractivity contribution in [3.63, 3.8) is 0 Å². The van der Waals surface area contributed by atoms with Crippen LogP contribution in [0.5, 0.6) is 5.75 Å². The van der Waals surface area contributed by atoms with Gasteiger partial charge in [0.1, 0.15) is 10.6 Å². The summed E-state index contributed by atoms with van der Waals surface area (Å²) in [5.74, 6) is 0.448. The Morgan fingerprint density at radius 1 is 1.43 bits per heavy atom. The summed E-state index contributed by atoms with van der Waals surface area (Å²) in [5.41, 5.74) is 0.768. The van der Waals surface area contributed by atoms with Crippen molar-refractivity contribution in [1.82, 2.24) is 0 Å². The number of hydrogen-bond donors (Lipinski definition) is 0. The first-order valence-electron chi connectivity index (χ1n) is 3.65. The predicted octanol–water partition coefficient (Wildman–Crippen LogP) is 2.69. The van der Waals surface area contributed by atoms with E-state index in [0.717, 1.165) is 5.56 Å². The number of methoxy groups -OCH3 is 1. The van der Waals surface area contributed by atoms with Crippen molar-refractivity contribution in [2.24, 2.45) is 0 Å². The van der Waals surface area contributed by atoms with Gasteiger partial charge in [0, 0.05) is 10.7 Å². The van der Waals surface area contributed by atoms with E-state index in [1.54, 1.807) is 13.0 Å². The van der Waals surface area contributed by atoms with E-state index in [1.807, 2.05) is 0 Å². The van der Waals surface area contributed by atoms with Crippen LogP contribution >= 0.6 is 26.6 Å². The van der Waals surface area contributed by atoms with Crippen LogP contribution in [0.3, 0.4) is 0 Å². The van der Waals surface area contributed by atoms with E-state index < -0.39 is 9.05 Å². The topological polar surface area (TPSA) is 43.4 Å². The fourth-order valence-corrected chi connectivity index (χ4v) is 3.35. The Morgan fingerprint density at radius 3 is 2.43 bits per heavy atom. The van der Waals surface area contributed by atoms with E-state index in [-0.39, 0.29) is 4.90 Å². The van der Waals surface area contributed by atoms with Crippen LogP contribution in [0.4, 0.5) is 0 Å². The molecule has 0 unspecified atom stereocenters. The minimum Gasteiger partial charge on any atom is -0.496 e. The van der Waals surface area contributed by atoms with Gasteiger partial charge in [-0.3, -0.25) is 0 Å². The van der Waals surface area contributed by atoms with Gasteiger partial charge < -0.3 is 4.74 Å². The lowest BCUT2D eigenvalue weighted by Gasteiger charge is -2.07. The number of halogens is 2. The van der Waals surface area contributed by atoms with Crippen LogP contribution in [0.2, 0.25) is 0 Å². The second kappa shape index (κ2) is 4.08. The molecule has 0 fully saturated rings. The van der Waals surface area contributed by atoms with Gasteiger partial charge in [0.05, 0.1) is 11.6 Å². The highest BCUT2D eigenvalue weighted by molar-refractivity contribution is 9.10. The van der Waals surface area contributed by atoms with Crippen molar-refractivity contribution in [2.45, 2.75) is 11.8 Å². The molecule has 0 N–H and O–H groups in total. The van der Waals surface area contributed by atoms with Crippen molar-refractivity contribution in [3.8, 4) is 5.75 Å². The molecule has 0 saturated carbocycles. The molecule has 0 amide bonds. The van der Waals surface area contributed by atoms with E-state index in [0.29, 0.717) is 10.2 Å². The zero-order valence-corrected chi connectivity index (χ0v) is 10.7. The normalized spacial score (nSPS) is 11.4. The minimum atomic E-state index is -3.74. The Bertz CT molecular complexity index is 456. The van der Waals surface area contributed by atoms with Crippen LogP contribution in [0.15, 0.2) is 21.5 Å². The average molecular weight is 300 g/mol. The van der Waals surface area contributed by atoms with Crippen LogP contribution in [-0.2, 0) is 9.05 Å². The molecule has 3 nitrogen and oxygen atoms in total. The Morgan fingerprint density at radius 2 is 2.00 bits per heavy atom. The first-order chi connectivity index (χ1) is 6.36. The molecule has 0 aliphatic carbocycles. The summed E-state index contributed by atoms with van der Waals surface area (Å²) in [6.45, 7) is 1.76. The highest BCUT2D eigenvalue weighted by Gasteiger charge is 2.18. The molecule has 1 aromatic carbocycles. The molecule has 1 rings (SSSR count). The molecule has 0 saturated heterocycles. The predicted molar refractivity (Wildman–Crippen MR) is 58.5 cm³/mol. The van der Waals surface area contributed by atoms with Gasteiger partial charge in [0.15, 0.2) is 0 Å². The summed E-state index contributed by atoms with van der Waals surface area (Å²) in [7, 11) is 2.97. The molecule has 0 aliphatic heterocycles. The molecule has 0 radical (unpaired) electrons. The molecular formula is C8H8BrClO3S. The Kier molecular flexibility index (Phi) is 3.44. The third-order valence-corrected chi connectivity index (χ3v) is 4.06. The Labute approximate surface area is 95.6 Å². The lowest BCUT2D eigenvalue weighted by molar-refractivity contribution is 0.410. The van der Waals surface area contributed by atoms with E-state index in [1.165, 1.54) is 13.2 Å². The highest BCUT2D eigenvalue weighted by atomic mass is 79.9. The molecule has 6 heteroatoms. The maximum Gasteiger partial charge on any atom is 0.262 e. The van der Waals surface area contributed by atoms with Gasteiger partial charge in [-0.15, -0.1) is 0 Å². The summed E-state index contributed by atoms with van der Waals surface area (Å²) in [6.07, 6.45) is 0. The van der Waals surface area contributed by atoms with Gasteiger partial charge in [-0.2, -0.15) is 0 Å². The van der Waals surface area contributed by atoms with Crippen molar-refractivity contribution >= 4 is 35.7 Å². The van der Waals surface area contributed by atoms with Gasteiger partial charge in [-0.25, -0.2) is 8.42 Å². The largest absolute Gasteiger partial charge is 0.496 e.